The quantitative estimate of drug-likeness (QED) is 0.391. The van der Waals surface area contributed by atoms with Crippen molar-refractivity contribution in [2.24, 2.45) is 5.92 Å². The number of aromatic nitrogens is 3. The molecule has 0 aliphatic carbocycles. The lowest BCUT2D eigenvalue weighted by Crippen LogP contribution is -2.41. The van der Waals surface area contributed by atoms with Gasteiger partial charge in [-0.2, -0.15) is 0 Å². The molecule has 1 fully saturated rings. The van der Waals surface area contributed by atoms with Crippen LogP contribution in [0.15, 0.2) is 64.6 Å². The first-order valence-corrected chi connectivity index (χ1v) is 12.6. The molecule has 180 valence electrons. The van der Waals surface area contributed by atoms with E-state index in [1.54, 1.807) is 24.7 Å². The fourth-order valence-corrected chi connectivity index (χ4v) is 5.03. The number of benzene rings is 1. The monoisotopic (exact) mass is 489 g/mol. The van der Waals surface area contributed by atoms with Crippen molar-refractivity contribution >= 4 is 23.1 Å². The van der Waals surface area contributed by atoms with Crippen LogP contribution in [0.25, 0.3) is 22.0 Å². The second-order valence-corrected chi connectivity index (χ2v) is 9.29. The Morgan fingerprint density at radius 2 is 1.97 bits per heavy atom. The molecule has 0 atom stereocenters. The van der Waals surface area contributed by atoms with Crippen molar-refractivity contribution in [2.45, 2.75) is 19.3 Å². The van der Waals surface area contributed by atoms with Crippen LogP contribution in [0.4, 0.5) is 5.82 Å². The zero-order valence-electron chi connectivity index (χ0n) is 19.5. The highest BCUT2D eigenvalue weighted by Gasteiger charge is 2.25. The number of furan rings is 1. The molecule has 3 aromatic heterocycles. The first kappa shape index (κ1) is 23.0. The number of ether oxygens (including phenoxy) is 1. The van der Waals surface area contributed by atoms with E-state index in [2.05, 4.69) is 25.8 Å². The second-order valence-electron chi connectivity index (χ2n) is 8.43. The number of nitrogens with zero attached hydrogens (tertiary/aromatic N) is 4. The molecule has 8 nitrogen and oxygen atoms in total. The average Bonchev–Trinajstić information content (AvgIpc) is 3.62. The summed E-state index contributed by atoms with van der Waals surface area (Å²) in [6.07, 6.45) is 3.93. The second kappa shape index (κ2) is 10.7. The van der Waals surface area contributed by atoms with Gasteiger partial charge < -0.3 is 19.4 Å². The summed E-state index contributed by atoms with van der Waals surface area (Å²) < 4.78 is 10.6. The maximum Gasteiger partial charge on any atom is 0.223 e. The van der Waals surface area contributed by atoms with Gasteiger partial charge in [0.05, 0.1) is 19.1 Å². The average molecular weight is 490 g/mol. The first-order chi connectivity index (χ1) is 17.2. The van der Waals surface area contributed by atoms with Gasteiger partial charge in [0, 0.05) is 42.9 Å². The number of carbonyl (C=O) groups excluding carboxylic acids is 1. The molecule has 0 saturated carbocycles. The minimum absolute atomic E-state index is 0.0203. The van der Waals surface area contributed by atoms with Gasteiger partial charge in [-0.15, -0.1) is 21.5 Å². The highest BCUT2D eigenvalue weighted by atomic mass is 32.1. The number of thiazole rings is 1. The summed E-state index contributed by atoms with van der Waals surface area (Å²) in [7, 11) is 1.66. The van der Waals surface area contributed by atoms with Crippen LogP contribution in [0.5, 0.6) is 5.75 Å². The van der Waals surface area contributed by atoms with Crippen LogP contribution in [-0.2, 0) is 11.2 Å². The van der Waals surface area contributed by atoms with Gasteiger partial charge in [0.15, 0.2) is 11.6 Å². The Balaban J connectivity index is 1.06. The summed E-state index contributed by atoms with van der Waals surface area (Å²) in [6.45, 7) is 2.15. The molecule has 1 N–H and O–H groups in total. The summed E-state index contributed by atoms with van der Waals surface area (Å²) in [5.74, 6) is 2.50. The first-order valence-electron chi connectivity index (χ1n) is 11.7. The number of hydrogen-bond donors (Lipinski definition) is 1. The Bertz CT molecular complexity index is 1230. The van der Waals surface area contributed by atoms with Crippen molar-refractivity contribution in [3.8, 4) is 27.8 Å². The van der Waals surface area contributed by atoms with Gasteiger partial charge in [0.1, 0.15) is 16.5 Å². The number of nitrogens with one attached hydrogen (secondary N) is 1. The van der Waals surface area contributed by atoms with Gasteiger partial charge in [0.2, 0.25) is 5.91 Å². The van der Waals surface area contributed by atoms with E-state index >= 15 is 0 Å². The molecule has 4 heterocycles. The van der Waals surface area contributed by atoms with E-state index in [9.17, 15) is 4.79 Å². The zero-order valence-corrected chi connectivity index (χ0v) is 20.3. The summed E-state index contributed by atoms with van der Waals surface area (Å²) in [6, 6.07) is 15.5. The Hall–Kier alpha value is -3.72. The number of carbonyl (C=O) groups is 1. The summed E-state index contributed by atoms with van der Waals surface area (Å²) >= 11 is 1.61. The highest BCUT2D eigenvalue weighted by Crippen LogP contribution is 2.26. The Morgan fingerprint density at radius 3 is 2.66 bits per heavy atom. The number of hydrogen-bond acceptors (Lipinski definition) is 8. The molecule has 1 aromatic carbocycles. The van der Waals surface area contributed by atoms with Crippen LogP contribution < -0.4 is 15.0 Å². The molecule has 0 bridgehead atoms. The van der Waals surface area contributed by atoms with Gasteiger partial charge in [0.25, 0.3) is 0 Å². The molecular formula is C26H27N5O3S. The molecular weight excluding hydrogens is 462 g/mol. The number of rotatable bonds is 8. The fraction of sp³-hybridized carbons (Fsp3) is 0.308. The lowest BCUT2D eigenvalue weighted by Gasteiger charge is -2.31. The third-order valence-electron chi connectivity index (χ3n) is 6.18. The third-order valence-corrected chi connectivity index (χ3v) is 7.12. The Morgan fingerprint density at radius 1 is 1.14 bits per heavy atom. The van der Waals surface area contributed by atoms with Gasteiger partial charge in [-0.3, -0.25) is 4.79 Å². The molecule has 0 unspecified atom stereocenters. The van der Waals surface area contributed by atoms with Gasteiger partial charge in [-0.05, 0) is 61.4 Å². The van der Waals surface area contributed by atoms with E-state index in [4.69, 9.17) is 14.1 Å². The fourth-order valence-electron chi connectivity index (χ4n) is 4.17. The molecule has 1 saturated heterocycles. The SMILES string of the molecule is COc1ccc(-c2nc(CCNC(=O)C3CCN(c4ccc(-c5ccco5)nn4)CC3)cs2)cc1. The van der Waals surface area contributed by atoms with E-state index in [1.165, 1.54) is 0 Å². The van der Waals surface area contributed by atoms with Crippen molar-refractivity contribution < 1.29 is 13.9 Å². The number of anilines is 1. The minimum atomic E-state index is 0.0203. The van der Waals surface area contributed by atoms with Crippen LogP contribution in [-0.4, -0.2) is 47.8 Å². The van der Waals surface area contributed by atoms with E-state index in [-0.39, 0.29) is 11.8 Å². The van der Waals surface area contributed by atoms with Crippen LogP contribution >= 0.6 is 11.3 Å². The summed E-state index contributed by atoms with van der Waals surface area (Å²) in [4.78, 5) is 19.6. The molecule has 0 radical (unpaired) electrons. The minimum Gasteiger partial charge on any atom is -0.497 e. The molecule has 35 heavy (non-hydrogen) atoms. The molecule has 5 rings (SSSR count). The van der Waals surface area contributed by atoms with Crippen LogP contribution in [0.1, 0.15) is 18.5 Å². The van der Waals surface area contributed by atoms with Crippen LogP contribution in [0.3, 0.4) is 0 Å². The normalized spacial score (nSPS) is 14.1. The third kappa shape index (κ3) is 5.51. The standard InChI is InChI=1S/C26H27N5O3S/c1-33-21-6-4-19(5-7-21)26-28-20(17-35-26)10-13-27-25(32)18-11-14-31(15-12-18)24-9-8-22(29-30-24)23-3-2-16-34-23/h2-9,16-18H,10-15H2,1H3,(H,27,32). The van der Waals surface area contributed by atoms with Crippen molar-refractivity contribution in [1.82, 2.24) is 20.5 Å². The number of piperidine rings is 1. The van der Waals surface area contributed by atoms with E-state index in [0.29, 0.717) is 18.0 Å². The molecule has 1 aliphatic heterocycles. The van der Waals surface area contributed by atoms with E-state index in [1.807, 2.05) is 48.5 Å². The Kier molecular flexibility index (Phi) is 7.04. The molecule has 9 heteroatoms. The van der Waals surface area contributed by atoms with E-state index in [0.717, 1.165) is 60.2 Å². The lowest BCUT2D eigenvalue weighted by atomic mass is 9.96. The van der Waals surface area contributed by atoms with Crippen LogP contribution in [0.2, 0.25) is 0 Å². The molecule has 1 aliphatic rings. The molecule has 1 amide bonds. The number of amides is 1. The number of methoxy groups -OCH3 is 1. The largest absolute Gasteiger partial charge is 0.497 e. The topological polar surface area (TPSA) is 93.4 Å². The highest BCUT2D eigenvalue weighted by molar-refractivity contribution is 7.13. The zero-order chi connectivity index (χ0) is 24.0. The van der Waals surface area contributed by atoms with Gasteiger partial charge in [-0.1, -0.05) is 0 Å². The van der Waals surface area contributed by atoms with Crippen molar-refractivity contribution in [3.63, 3.8) is 0 Å². The molecule has 0 spiro atoms. The summed E-state index contributed by atoms with van der Waals surface area (Å²) in [5, 5.41) is 14.7. The van der Waals surface area contributed by atoms with Crippen molar-refractivity contribution in [2.75, 3.05) is 31.6 Å². The predicted octanol–water partition coefficient (Wildman–Crippen LogP) is 4.44. The van der Waals surface area contributed by atoms with Crippen LogP contribution in [0, 0.1) is 5.92 Å². The Labute approximate surface area is 208 Å². The summed E-state index contributed by atoms with van der Waals surface area (Å²) in [5.41, 5.74) is 2.77. The van der Waals surface area contributed by atoms with Gasteiger partial charge in [-0.25, -0.2) is 4.98 Å². The van der Waals surface area contributed by atoms with Crippen molar-refractivity contribution in [1.29, 1.82) is 0 Å². The predicted molar refractivity (Wildman–Crippen MR) is 135 cm³/mol. The lowest BCUT2D eigenvalue weighted by molar-refractivity contribution is -0.125. The molecule has 4 aromatic rings. The maximum atomic E-state index is 12.7. The van der Waals surface area contributed by atoms with E-state index < -0.39 is 0 Å². The maximum absolute atomic E-state index is 12.7. The van der Waals surface area contributed by atoms with Crippen molar-refractivity contribution in [3.05, 3.63) is 65.9 Å². The smallest absolute Gasteiger partial charge is 0.223 e. The van der Waals surface area contributed by atoms with Gasteiger partial charge >= 0.3 is 0 Å².